The Kier molecular flexibility index (Phi) is 5.30. The zero-order chi connectivity index (χ0) is 19.4. The van der Waals surface area contributed by atoms with Crippen molar-refractivity contribution in [1.82, 2.24) is 25.0 Å². The standard InChI is InChI=1S/C18H19N5O4/c1-11-3-5-12(6-4-11)16-21-15(27-22-16)7-8-19-14(24)9-13-10-20-18(26)23(2)17(13)25/h3-6,10H,7-9H2,1-2H3,(H,19,24)(H,20,26). The lowest BCUT2D eigenvalue weighted by Crippen LogP contribution is -2.36. The highest BCUT2D eigenvalue weighted by Gasteiger charge is 2.11. The van der Waals surface area contributed by atoms with Crippen LogP contribution in [0.1, 0.15) is 17.0 Å². The van der Waals surface area contributed by atoms with Crippen molar-refractivity contribution in [2.45, 2.75) is 19.8 Å². The van der Waals surface area contributed by atoms with E-state index in [9.17, 15) is 14.4 Å². The van der Waals surface area contributed by atoms with Gasteiger partial charge in [0.25, 0.3) is 5.56 Å². The summed E-state index contributed by atoms with van der Waals surface area (Å²) in [5.41, 5.74) is 1.20. The minimum atomic E-state index is -0.523. The maximum Gasteiger partial charge on any atom is 0.328 e. The minimum Gasteiger partial charge on any atom is -0.355 e. The van der Waals surface area contributed by atoms with Gasteiger partial charge in [-0.2, -0.15) is 4.98 Å². The van der Waals surface area contributed by atoms with E-state index in [1.54, 1.807) is 0 Å². The fourth-order valence-electron chi connectivity index (χ4n) is 2.46. The molecule has 0 saturated heterocycles. The molecule has 0 unspecified atom stereocenters. The van der Waals surface area contributed by atoms with E-state index < -0.39 is 11.2 Å². The molecule has 2 heterocycles. The average Bonchev–Trinajstić information content (AvgIpc) is 3.12. The Bertz CT molecular complexity index is 1060. The van der Waals surface area contributed by atoms with Gasteiger partial charge in [-0.15, -0.1) is 0 Å². The molecule has 140 valence electrons. The van der Waals surface area contributed by atoms with Gasteiger partial charge < -0.3 is 14.8 Å². The molecule has 0 radical (unpaired) electrons. The van der Waals surface area contributed by atoms with Crippen molar-refractivity contribution in [1.29, 1.82) is 0 Å². The normalized spacial score (nSPS) is 10.7. The van der Waals surface area contributed by atoms with Crippen molar-refractivity contribution in [3.63, 3.8) is 0 Å². The Morgan fingerprint density at radius 3 is 2.74 bits per heavy atom. The van der Waals surface area contributed by atoms with Crippen molar-refractivity contribution in [3.8, 4) is 11.4 Å². The van der Waals surface area contributed by atoms with Gasteiger partial charge in [0.1, 0.15) is 0 Å². The summed E-state index contributed by atoms with van der Waals surface area (Å²) in [5, 5.41) is 6.63. The number of carbonyl (C=O) groups excluding carboxylic acids is 1. The highest BCUT2D eigenvalue weighted by molar-refractivity contribution is 5.78. The summed E-state index contributed by atoms with van der Waals surface area (Å²) < 4.78 is 6.12. The second-order valence-corrected chi connectivity index (χ2v) is 6.14. The van der Waals surface area contributed by atoms with E-state index >= 15 is 0 Å². The smallest absolute Gasteiger partial charge is 0.328 e. The maximum atomic E-state index is 12.0. The summed E-state index contributed by atoms with van der Waals surface area (Å²) >= 11 is 0. The van der Waals surface area contributed by atoms with Crippen LogP contribution in [0.5, 0.6) is 0 Å². The number of aromatic nitrogens is 4. The molecule has 0 atom stereocenters. The van der Waals surface area contributed by atoms with E-state index in [0.717, 1.165) is 15.7 Å². The van der Waals surface area contributed by atoms with E-state index in [4.69, 9.17) is 4.52 Å². The number of carbonyl (C=O) groups is 1. The molecule has 0 fully saturated rings. The second-order valence-electron chi connectivity index (χ2n) is 6.14. The van der Waals surface area contributed by atoms with Crippen LogP contribution in [0.2, 0.25) is 0 Å². The van der Waals surface area contributed by atoms with Crippen LogP contribution in [0.4, 0.5) is 0 Å². The van der Waals surface area contributed by atoms with Crippen molar-refractivity contribution >= 4 is 5.91 Å². The van der Waals surface area contributed by atoms with E-state index in [2.05, 4.69) is 20.4 Å². The fourth-order valence-corrected chi connectivity index (χ4v) is 2.46. The van der Waals surface area contributed by atoms with E-state index in [0.29, 0.717) is 18.1 Å². The number of hydrogen-bond acceptors (Lipinski definition) is 6. The Balaban J connectivity index is 1.53. The van der Waals surface area contributed by atoms with Crippen molar-refractivity contribution < 1.29 is 9.32 Å². The number of amides is 1. The molecule has 27 heavy (non-hydrogen) atoms. The molecule has 0 aliphatic rings. The zero-order valence-electron chi connectivity index (χ0n) is 15.0. The van der Waals surface area contributed by atoms with Crippen molar-refractivity contribution in [2.75, 3.05) is 6.54 Å². The summed E-state index contributed by atoms with van der Waals surface area (Å²) in [5.74, 6) is 0.566. The van der Waals surface area contributed by atoms with E-state index in [1.165, 1.54) is 13.2 Å². The first-order chi connectivity index (χ1) is 12.9. The van der Waals surface area contributed by atoms with Gasteiger partial charge in [-0.1, -0.05) is 35.0 Å². The van der Waals surface area contributed by atoms with E-state index in [-0.39, 0.29) is 24.4 Å². The van der Waals surface area contributed by atoms with Crippen molar-refractivity contribution in [2.24, 2.45) is 7.05 Å². The molecule has 9 heteroatoms. The van der Waals surface area contributed by atoms with Crippen LogP contribution in [0.3, 0.4) is 0 Å². The molecular formula is C18H19N5O4. The number of nitrogens with one attached hydrogen (secondary N) is 2. The van der Waals surface area contributed by atoms with E-state index in [1.807, 2.05) is 31.2 Å². The predicted molar refractivity (Wildman–Crippen MR) is 97.2 cm³/mol. The van der Waals surface area contributed by atoms with Crippen LogP contribution in [0.25, 0.3) is 11.4 Å². The molecule has 9 nitrogen and oxygen atoms in total. The number of H-pyrrole nitrogens is 1. The third kappa shape index (κ3) is 4.38. The summed E-state index contributed by atoms with van der Waals surface area (Å²) in [4.78, 5) is 41.9. The number of aromatic amines is 1. The lowest BCUT2D eigenvalue weighted by molar-refractivity contribution is -0.120. The molecule has 0 aliphatic heterocycles. The van der Waals surface area contributed by atoms with Gasteiger partial charge >= 0.3 is 5.69 Å². The second kappa shape index (κ2) is 7.81. The lowest BCUT2D eigenvalue weighted by atomic mass is 10.1. The molecule has 1 aromatic carbocycles. The van der Waals surface area contributed by atoms with Gasteiger partial charge in [-0.05, 0) is 6.92 Å². The molecule has 2 N–H and O–H groups in total. The number of nitrogens with zero attached hydrogens (tertiary/aromatic N) is 3. The highest BCUT2D eigenvalue weighted by atomic mass is 16.5. The van der Waals surface area contributed by atoms with Crippen LogP contribution in [-0.4, -0.2) is 32.1 Å². The van der Waals surface area contributed by atoms with Crippen LogP contribution < -0.4 is 16.6 Å². The largest absolute Gasteiger partial charge is 0.355 e. The van der Waals surface area contributed by atoms with Crippen LogP contribution in [-0.2, 0) is 24.7 Å². The maximum absolute atomic E-state index is 12.0. The average molecular weight is 369 g/mol. The number of hydrogen-bond donors (Lipinski definition) is 2. The number of rotatable bonds is 6. The van der Waals surface area contributed by atoms with Gasteiger partial charge in [0, 0.05) is 37.3 Å². The summed E-state index contributed by atoms with van der Waals surface area (Å²) in [7, 11) is 1.35. The third-order valence-corrected chi connectivity index (χ3v) is 4.04. The molecule has 0 bridgehead atoms. The number of aryl methyl sites for hydroxylation is 1. The van der Waals surface area contributed by atoms with Crippen LogP contribution >= 0.6 is 0 Å². The minimum absolute atomic E-state index is 0.123. The van der Waals surface area contributed by atoms with Gasteiger partial charge in [-0.25, -0.2) is 4.79 Å². The van der Waals surface area contributed by atoms with Crippen molar-refractivity contribution in [3.05, 3.63) is 68.3 Å². The third-order valence-electron chi connectivity index (χ3n) is 4.04. The monoisotopic (exact) mass is 369 g/mol. The van der Waals surface area contributed by atoms with Gasteiger partial charge in [0.2, 0.25) is 17.6 Å². The lowest BCUT2D eigenvalue weighted by Gasteiger charge is -2.04. The zero-order valence-corrected chi connectivity index (χ0v) is 15.0. The van der Waals surface area contributed by atoms with Gasteiger partial charge in [0.15, 0.2) is 0 Å². The Morgan fingerprint density at radius 2 is 2.00 bits per heavy atom. The molecule has 0 saturated carbocycles. The molecule has 3 aromatic rings. The molecule has 2 aromatic heterocycles. The summed E-state index contributed by atoms with van der Waals surface area (Å²) in [6, 6.07) is 7.76. The molecule has 0 spiro atoms. The van der Waals surface area contributed by atoms with Gasteiger partial charge in [0.05, 0.1) is 6.42 Å². The van der Waals surface area contributed by atoms with Crippen LogP contribution in [0, 0.1) is 6.92 Å². The first kappa shape index (κ1) is 18.3. The first-order valence-corrected chi connectivity index (χ1v) is 8.38. The Morgan fingerprint density at radius 1 is 1.26 bits per heavy atom. The molecule has 0 aliphatic carbocycles. The first-order valence-electron chi connectivity index (χ1n) is 8.38. The predicted octanol–water partition coefficient (Wildman–Crippen LogP) is 0.333. The molecular weight excluding hydrogens is 350 g/mol. The highest BCUT2D eigenvalue weighted by Crippen LogP contribution is 2.16. The SMILES string of the molecule is Cc1ccc(-c2noc(CCNC(=O)Cc3c[nH]c(=O)n(C)c3=O)n2)cc1. The topological polar surface area (TPSA) is 123 Å². The molecule has 3 rings (SSSR count). The quantitative estimate of drug-likeness (QED) is 0.646. The van der Waals surface area contributed by atoms with Crippen LogP contribution in [0.15, 0.2) is 44.6 Å². The molecule has 1 amide bonds. The fraction of sp³-hybridized carbons (Fsp3) is 0.278. The Labute approximate surface area is 154 Å². The number of benzene rings is 1. The summed E-state index contributed by atoms with van der Waals surface area (Å²) in [6.07, 6.45) is 1.51. The van der Waals surface area contributed by atoms with Gasteiger partial charge in [-0.3, -0.25) is 14.2 Å². The Hall–Kier alpha value is -3.49. The summed E-state index contributed by atoms with van der Waals surface area (Å²) in [6.45, 7) is 2.29.